The second-order valence-corrected chi connectivity index (χ2v) is 10.5. The van der Waals surface area contributed by atoms with Gasteiger partial charge in [0.2, 0.25) is 0 Å². The Bertz CT molecular complexity index is 638. The van der Waals surface area contributed by atoms with E-state index in [0.717, 1.165) is 59.7 Å². The van der Waals surface area contributed by atoms with Gasteiger partial charge in [0.05, 0.1) is 0 Å². The van der Waals surface area contributed by atoms with Gasteiger partial charge in [-0.25, -0.2) is 4.79 Å². The van der Waals surface area contributed by atoms with Crippen LogP contribution in [0.15, 0.2) is 12.2 Å². The van der Waals surface area contributed by atoms with Gasteiger partial charge in [-0.05, 0) is 106 Å². The summed E-state index contributed by atoms with van der Waals surface area (Å²) in [6.07, 6.45) is 8.58. The molecule has 0 radical (unpaired) electrons. The first kappa shape index (κ1) is 14.4. The van der Waals surface area contributed by atoms with Gasteiger partial charge in [-0.2, -0.15) is 0 Å². The summed E-state index contributed by atoms with van der Waals surface area (Å²) in [7, 11) is 0. The standard InChI is InChI=1S/C22H30O2/c1-10(2)21(23)24-22(3)9-13-7-16(22)20-15-8-14(19(13)20)17-11-4-5-12(6-11)18(15)17/h11-20H,1,4-9H2,2-3H3. The Hall–Kier alpha value is -0.790. The summed E-state index contributed by atoms with van der Waals surface area (Å²) in [5, 5.41) is 0. The van der Waals surface area contributed by atoms with Crippen molar-refractivity contribution in [2.45, 2.75) is 58.0 Å². The first-order valence-corrected chi connectivity index (χ1v) is 10.4. The molecule has 0 aromatic rings. The van der Waals surface area contributed by atoms with Crippen molar-refractivity contribution in [3.05, 3.63) is 12.2 Å². The summed E-state index contributed by atoms with van der Waals surface area (Å²) in [6.45, 7) is 7.80. The van der Waals surface area contributed by atoms with E-state index in [0.29, 0.717) is 11.5 Å². The molecule has 0 heterocycles. The molecule has 6 fully saturated rings. The Morgan fingerprint density at radius 1 is 0.958 bits per heavy atom. The van der Waals surface area contributed by atoms with Crippen LogP contribution in [-0.4, -0.2) is 11.6 Å². The molecule has 2 heteroatoms. The third-order valence-electron chi connectivity index (χ3n) is 9.70. The van der Waals surface area contributed by atoms with Gasteiger partial charge in [0.15, 0.2) is 0 Å². The molecule has 0 aromatic heterocycles. The predicted octanol–water partition coefficient (Wildman–Crippen LogP) is 4.45. The summed E-state index contributed by atoms with van der Waals surface area (Å²) in [6, 6.07) is 0. The number of esters is 1. The van der Waals surface area contributed by atoms with Crippen molar-refractivity contribution in [1.82, 2.24) is 0 Å². The molecule has 0 spiro atoms. The lowest BCUT2D eigenvalue weighted by atomic mass is 9.58. The van der Waals surface area contributed by atoms with Gasteiger partial charge in [0.25, 0.3) is 0 Å². The Kier molecular flexibility index (Phi) is 2.58. The highest BCUT2D eigenvalue weighted by Gasteiger charge is 2.73. The molecular weight excluding hydrogens is 296 g/mol. The quantitative estimate of drug-likeness (QED) is 0.426. The van der Waals surface area contributed by atoms with E-state index >= 15 is 0 Å². The van der Waals surface area contributed by atoms with Crippen molar-refractivity contribution in [3.63, 3.8) is 0 Å². The summed E-state index contributed by atoms with van der Waals surface area (Å²) < 4.78 is 6.04. The molecule has 0 aliphatic heterocycles. The molecular formula is C22H30O2. The SMILES string of the molecule is C=C(C)C(=O)OC1(C)CC2CC1C1C3CC(C4C5CCC(C5)C34)C21. The van der Waals surface area contributed by atoms with Crippen molar-refractivity contribution in [2.24, 2.45) is 59.2 Å². The molecule has 0 amide bonds. The van der Waals surface area contributed by atoms with Crippen LogP contribution in [0.2, 0.25) is 0 Å². The molecule has 0 saturated heterocycles. The number of rotatable bonds is 2. The highest BCUT2D eigenvalue weighted by atomic mass is 16.6. The van der Waals surface area contributed by atoms with Crippen LogP contribution in [0.5, 0.6) is 0 Å². The first-order chi connectivity index (χ1) is 11.5. The summed E-state index contributed by atoms with van der Waals surface area (Å²) in [5.41, 5.74) is 0.344. The summed E-state index contributed by atoms with van der Waals surface area (Å²) in [5.74, 6) is 9.45. The van der Waals surface area contributed by atoms with Crippen LogP contribution in [-0.2, 0) is 9.53 Å². The second kappa shape index (κ2) is 4.30. The third kappa shape index (κ3) is 1.49. The predicted molar refractivity (Wildman–Crippen MR) is 91.9 cm³/mol. The van der Waals surface area contributed by atoms with E-state index < -0.39 is 0 Å². The van der Waals surface area contributed by atoms with Crippen molar-refractivity contribution < 1.29 is 9.53 Å². The van der Waals surface area contributed by atoms with Crippen LogP contribution >= 0.6 is 0 Å². The van der Waals surface area contributed by atoms with Crippen LogP contribution in [0, 0.1) is 59.2 Å². The van der Waals surface area contributed by atoms with Gasteiger partial charge in [-0.3, -0.25) is 0 Å². The number of carbonyl (C=O) groups excluding carboxylic acids is 1. The molecule has 6 aliphatic carbocycles. The van der Waals surface area contributed by atoms with Crippen LogP contribution in [0.3, 0.4) is 0 Å². The van der Waals surface area contributed by atoms with Crippen LogP contribution < -0.4 is 0 Å². The molecule has 2 nitrogen and oxygen atoms in total. The van der Waals surface area contributed by atoms with Gasteiger partial charge in [-0.15, -0.1) is 0 Å². The number of fused-ring (bicyclic) bond motifs is 16. The minimum atomic E-state index is -0.209. The first-order valence-electron chi connectivity index (χ1n) is 10.4. The largest absolute Gasteiger partial charge is 0.456 e. The van der Waals surface area contributed by atoms with Crippen LogP contribution in [0.4, 0.5) is 0 Å². The maximum Gasteiger partial charge on any atom is 0.333 e. The lowest BCUT2D eigenvalue weighted by Gasteiger charge is -2.49. The minimum Gasteiger partial charge on any atom is -0.456 e. The number of hydrogen-bond donors (Lipinski definition) is 0. The smallest absolute Gasteiger partial charge is 0.333 e. The molecule has 130 valence electrons. The van der Waals surface area contributed by atoms with E-state index in [1.807, 2.05) is 0 Å². The molecule has 11 unspecified atom stereocenters. The Balaban J connectivity index is 1.31. The monoisotopic (exact) mass is 326 g/mol. The van der Waals surface area contributed by atoms with Crippen LogP contribution in [0.1, 0.15) is 52.4 Å². The third-order valence-corrected chi connectivity index (χ3v) is 9.70. The molecule has 6 bridgehead atoms. The van der Waals surface area contributed by atoms with Gasteiger partial charge < -0.3 is 4.74 Å². The zero-order chi connectivity index (χ0) is 16.4. The average molecular weight is 326 g/mol. The summed E-state index contributed by atoms with van der Waals surface area (Å²) >= 11 is 0. The topological polar surface area (TPSA) is 26.3 Å². The van der Waals surface area contributed by atoms with Gasteiger partial charge in [0.1, 0.15) is 5.60 Å². The fourth-order valence-electron chi connectivity index (χ4n) is 9.51. The van der Waals surface area contributed by atoms with Crippen molar-refractivity contribution in [1.29, 1.82) is 0 Å². The normalized spacial score (nSPS) is 61.2. The van der Waals surface area contributed by atoms with Gasteiger partial charge in [0, 0.05) is 11.5 Å². The zero-order valence-electron chi connectivity index (χ0n) is 15.0. The van der Waals surface area contributed by atoms with Crippen molar-refractivity contribution >= 4 is 5.97 Å². The Labute approximate surface area is 145 Å². The highest BCUT2D eigenvalue weighted by Crippen LogP contribution is 2.77. The lowest BCUT2D eigenvalue weighted by Crippen LogP contribution is -2.49. The fraction of sp³-hybridized carbons (Fsp3) is 0.864. The molecule has 0 aromatic carbocycles. The molecule has 24 heavy (non-hydrogen) atoms. The lowest BCUT2D eigenvalue weighted by molar-refractivity contribution is -0.165. The van der Waals surface area contributed by atoms with Crippen molar-refractivity contribution in [3.8, 4) is 0 Å². The number of ether oxygens (including phenoxy) is 1. The maximum atomic E-state index is 12.2. The van der Waals surface area contributed by atoms with Gasteiger partial charge in [-0.1, -0.05) is 6.58 Å². The van der Waals surface area contributed by atoms with E-state index in [2.05, 4.69) is 13.5 Å². The average Bonchev–Trinajstić information content (AvgIpc) is 3.31. The molecule has 6 rings (SSSR count). The van der Waals surface area contributed by atoms with Gasteiger partial charge >= 0.3 is 5.97 Å². The number of hydrogen-bond acceptors (Lipinski definition) is 2. The van der Waals surface area contributed by atoms with Crippen molar-refractivity contribution in [2.75, 3.05) is 0 Å². The highest BCUT2D eigenvalue weighted by molar-refractivity contribution is 5.87. The minimum absolute atomic E-state index is 0.164. The molecule has 11 atom stereocenters. The number of carbonyl (C=O) groups is 1. The maximum absolute atomic E-state index is 12.2. The fourth-order valence-corrected chi connectivity index (χ4v) is 9.51. The summed E-state index contributed by atoms with van der Waals surface area (Å²) in [4.78, 5) is 12.2. The van der Waals surface area contributed by atoms with E-state index in [1.165, 1.54) is 25.7 Å². The van der Waals surface area contributed by atoms with Crippen LogP contribution in [0.25, 0.3) is 0 Å². The van der Waals surface area contributed by atoms with E-state index in [4.69, 9.17) is 4.74 Å². The Morgan fingerprint density at radius 3 is 2.25 bits per heavy atom. The molecule has 0 N–H and O–H groups in total. The zero-order valence-corrected chi connectivity index (χ0v) is 15.0. The van der Waals surface area contributed by atoms with E-state index in [1.54, 1.807) is 13.3 Å². The molecule has 6 aliphatic rings. The van der Waals surface area contributed by atoms with E-state index in [-0.39, 0.29) is 11.6 Å². The second-order valence-electron chi connectivity index (χ2n) is 10.5. The van der Waals surface area contributed by atoms with E-state index in [9.17, 15) is 4.79 Å². The Morgan fingerprint density at radius 2 is 1.58 bits per heavy atom. The molecule has 6 saturated carbocycles.